The van der Waals surface area contributed by atoms with Gasteiger partial charge in [0.1, 0.15) is 5.82 Å². The predicted molar refractivity (Wildman–Crippen MR) is 69.9 cm³/mol. The van der Waals surface area contributed by atoms with Gasteiger partial charge in [-0.05, 0) is 19.3 Å². The summed E-state index contributed by atoms with van der Waals surface area (Å²) in [5.41, 5.74) is 6.08. The highest BCUT2D eigenvalue weighted by molar-refractivity contribution is 4.95. The van der Waals surface area contributed by atoms with Crippen LogP contribution in [0.2, 0.25) is 0 Å². The van der Waals surface area contributed by atoms with E-state index in [0.717, 1.165) is 51.3 Å². The number of rotatable bonds is 9. The molecule has 0 bridgehead atoms. The number of nitrogens with two attached hydrogens (primary N) is 1. The SMILES string of the molecule is CCCOCCC(N)Cc1nccn1CCC. The van der Waals surface area contributed by atoms with Gasteiger partial charge in [-0.3, -0.25) is 0 Å². The number of aromatic nitrogens is 2. The summed E-state index contributed by atoms with van der Waals surface area (Å²) in [6.45, 7) is 6.89. The molecule has 4 heteroatoms. The second-order valence-corrected chi connectivity index (χ2v) is 4.40. The van der Waals surface area contributed by atoms with Crippen molar-refractivity contribution in [2.24, 2.45) is 5.73 Å². The van der Waals surface area contributed by atoms with Crippen LogP contribution in [0.3, 0.4) is 0 Å². The lowest BCUT2D eigenvalue weighted by Crippen LogP contribution is -2.26. The number of nitrogens with zero attached hydrogens (tertiary/aromatic N) is 2. The minimum absolute atomic E-state index is 0.143. The largest absolute Gasteiger partial charge is 0.381 e. The van der Waals surface area contributed by atoms with Crippen molar-refractivity contribution in [3.63, 3.8) is 0 Å². The van der Waals surface area contributed by atoms with E-state index in [9.17, 15) is 0 Å². The molecule has 0 aliphatic heterocycles. The maximum atomic E-state index is 6.08. The van der Waals surface area contributed by atoms with Crippen LogP contribution in [0.5, 0.6) is 0 Å². The summed E-state index contributed by atoms with van der Waals surface area (Å²) in [6, 6.07) is 0.143. The van der Waals surface area contributed by atoms with Gasteiger partial charge in [0.25, 0.3) is 0 Å². The van der Waals surface area contributed by atoms with Crippen LogP contribution in [0.25, 0.3) is 0 Å². The van der Waals surface area contributed by atoms with Gasteiger partial charge in [-0.25, -0.2) is 4.98 Å². The summed E-state index contributed by atoms with van der Waals surface area (Å²) in [6.07, 6.45) is 7.81. The maximum absolute atomic E-state index is 6.08. The fourth-order valence-electron chi connectivity index (χ4n) is 1.79. The van der Waals surface area contributed by atoms with E-state index in [0.29, 0.717) is 0 Å². The number of hydrogen-bond acceptors (Lipinski definition) is 3. The highest BCUT2D eigenvalue weighted by atomic mass is 16.5. The van der Waals surface area contributed by atoms with E-state index < -0.39 is 0 Å². The summed E-state index contributed by atoms with van der Waals surface area (Å²) in [4.78, 5) is 4.36. The van der Waals surface area contributed by atoms with Gasteiger partial charge in [0, 0.05) is 44.6 Å². The Bertz CT molecular complexity index is 299. The van der Waals surface area contributed by atoms with Crippen LogP contribution in [0.4, 0.5) is 0 Å². The first-order chi connectivity index (χ1) is 8.27. The normalized spacial score (nSPS) is 12.9. The van der Waals surface area contributed by atoms with E-state index in [1.165, 1.54) is 0 Å². The summed E-state index contributed by atoms with van der Waals surface area (Å²) in [7, 11) is 0. The minimum atomic E-state index is 0.143. The van der Waals surface area contributed by atoms with E-state index in [2.05, 4.69) is 23.4 Å². The topological polar surface area (TPSA) is 53.1 Å². The standard InChI is InChI=1S/C13H25N3O/c1-3-7-16-8-6-15-13(16)11-12(14)5-10-17-9-4-2/h6,8,12H,3-5,7,9-11,14H2,1-2H3. The quantitative estimate of drug-likeness (QED) is 0.670. The third kappa shape index (κ3) is 5.33. The lowest BCUT2D eigenvalue weighted by atomic mass is 10.1. The molecular weight excluding hydrogens is 214 g/mol. The van der Waals surface area contributed by atoms with Gasteiger partial charge < -0.3 is 15.0 Å². The number of aryl methyl sites for hydroxylation is 1. The third-order valence-corrected chi connectivity index (χ3v) is 2.69. The van der Waals surface area contributed by atoms with E-state index in [1.807, 2.05) is 12.4 Å². The Morgan fingerprint density at radius 3 is 2.88 bits per heavy atom. The van der Waals surface area contributed by atoms with Crippen molar-refractivity contribution in [2.45, 2.75) is 52.1 Å². The second kappa shape index (κ2) is 8.25. The van der Waals surface area contributed by atoms with Crippen LogP contribution < -0.4 is 5.73 Å². The Balaban J connectivity index is 2.29. The molecule has 0 aromatic carbocycles. The molecule has 1 aromatic rings. The summed E-state index contributed by atoms with van der Waals surface area (Å²) in [5.74, 6) is 1.09. The average Bonchev–Trinajstić information content (AvgIpc) is 2.73. The Morgan fingerprint density at radius 2 is 2.18 bits per heavy atom. The predicted octanol–water partition coefficient (Wildman–Crippen LogP) is 1.98. The lowest BCUT2D eigenvalue weighted by Gasteiger charge is -2.12. The molecule has 17 heavy (non-hydrogen) atoms. The van der Waals surface area contributed by atoms with E-state index in [4.69, 9.17) is 10.5 Å². The van der Waals surface area contributed by atoms with Crippen molar-refractivity contribution >= 4 is 0 Å². The van der Waals surface area contributed by atoms with Crippen molar-refractivity contribution in [1.29, 1.82) is 0 Å². The molecular formula is C13H25N3O. The van der Waals surface area contributed by atoms with Crippen LogP contribution in [-0.4, -0.2) is 28.8 Å². The summed E-state index contributed by atoms with van der Waals surface area (Å²) in [5, 5.41) is 0. The van der Waals surface area contributed by atoms with Crippen molar-refractivity contribution in [3.05, 3.63) is 18.2 Å². The fourth-order valence-corrected chi connectivity index (χ4v) is 1.79. The summed E-state index contributed by atoms with van der Waals surface area (Å²) < 4.78 is 7.63. The molecule has 98 valence electrons. The smallest absolute Gasteiger partial charge is 0.110 e. The number of hydrogen-bond donors (Lipinski definition) is 1. The zero-order valence-electron chi connectivity index (χ0n) is 11.1. The fraction of sp³-hybridized carbons (Fsp3) is 0.769. The highest BCUT2D eigenvalue weighted by Gasteiger charge is 2.08. The molecule has 0 radical (unpaired) electrons. The zero-order chi connectivity index (χ0) is 12.5. The molecule has 0 saturated heterocycles. The third-order valence-electron chi connectivity index (χ3n) is 2.69. The molecule has 1 unspecified atom stereocenters. The van der Waals surface area contributed by atoms with Gasteiger partial charge in [-0.15, -0.1) is 0 Å². The van der Waals surface area contributed by atoms with Crippen LogP contribution in [0.15, 0.2) is 12.4 Å². The molecule has 4 nitrogen and oxygen atoms in total. The molecule has 1 aromatic heterocycles. The van der Waals surface area contributed by atoms with Crippen molar-refractivity contribution in [2.75, 3.05) is 13.2 Å². The van der Waals surface area contributed by atoms with Gasteiger partial charge >= 0.3 is 0 Å². The van der Waals surface area contributed by atoms with Crippen molar-refractivity contribution in [3.8, 4) is 0 Å². The Labute approximate surface area is 104 Å². The van der Waals surface area contributed by atoms with Gasteiger partial charge in [0.15, 0.2) is 0 Å². The number of imidazole rings is 1. The average molecular weight is 239 g/mol. The van der Waals surface area contributed by atoms with Crippen LogP contribution in [0, 0.1) is 0 Å². The zero-order valence-corrected chi connectivity index (χ0v) is 11.1. The Morgan fingerprint density at radius 1 is 1.35 bits per heavy atom. The minimum Gasteiger partial charge on any atom is -0.381 e. The molecule has 0 saturated carbocycles. The van der Waals surface area contributed by atoms with Gasteiger partial charge in [-0.1, -0.05) is 13.8 Å². The molecule has 0 aliphatic carbocycles. The van der Waals surface area contributed by atoms with E-state index >= 15 is 0 Å². The van der Waals surface area contributed by atoms with E-state index in [1.54, 1.807) is 0 Å². The first kappa shape index (κ1) is 14.2. The summed E-state index contributed by atoms with van der Waals surface area (Å²) >= 11 is 0. The van der Waals surface area contributed by atoms with Gasteiger partial charge in [0.2, 0.25) is 0 Å². The highest BCUT2D eigenvalue weighted by Crippen LogP contribution is 2.04. The number of ether oxygens (including phenoxy) is 1. The second-order valence-electron chi connectivity index (χ2n) is 4.40. The molecule has 2 N–H and O–H groups in total. The molecule has 0 amide bonds. The van der Waals surface area contributed by atoms with Crippen molar-refractivity contribution in [1.82, 2.24) is 9.55 Å². The van der Waals surface area contributed by atoms with Crippen LogP contribution in [-0.2, 0) is 17.7 Å². The van der Waals surface area contributed by atoms with Gasteiger partial charge in [0.05, 0.1) is 0 Å². The molecule has 1 rings (SSSR count). The lowest BCUT2D eigenvalue weighted by molar-refractivity contribution is 0.127. The first-order valence-electron chi connectivity index (χ1n) is 6.61. The first-order valence-corrected chi connectivity index (χ1v) is 6.61. The van der Waals surface area contributed by atoms with Gasteiger partial charge in [-0.2, -0.15) is 0 Å². The Kier molecular flexibility index (Phi) is 6.89. The molecule has 0 aliphatic rings. The monoisotopic (exact) mass is 239 g/mol. The Hall–Kier alpha value is -0.870. The maximum Gasteiger partial charge on any atom is 0.110 e. The molecule has 1 atom stereocenters. The molecule has 1 heterocycles. The van der Waals surface area contributed by atoms with Crippen LogP contribution >= 0.6 is 0 Å². The van der Waals surface area contributed by atoms with Crippen molar-refractivity contribution < 1.29 is 4.74 Å². The molecule has 0 spiro atoms. The molecule has 0 fully saturated rings. The van der Waals surface area contributed by atoms with Crippen LogP contribution in [0.1, 0.15) is 38.9 Å². The van der Waals surface area contributed by atoms with E-state index in [-0.39, 0.29) is 6.04 Å².